The molecule has 2 N–H and O–H groups in total. The smallest absolute Gasteiger partial charge is 0.335 e. The molecule has 1 atom stereocenters. The largest absolute Gasteiger partial charge is 0.507 e. The van der Waals surface area contributed by atoms with Crippen molar-refractivity contribution in [3.63, 3.8) is 0 Å². The quantitative estimate of drug-likeness (QED) is 0.383. The average molecular weight is 476 g/mol. The molecule has 1 fully saturated rings. The summed E-state index contributed by atoms with van der Waals surface area (Å²) in [4.78, 5) is 16.0. The van der Waals surface area contributed by atoms with Gasteiger partial charge in [0.25, 0.3) is 0 Å². The number of rotatable bonds is 10. The van der Waals surface area contributed by atoms with Crippen molar-refractivity contribution < 1.29 is 24.5 Å². The first-order valence-corrected chi connectivity index (χ1v) is 12.4. The minimum absolute atomic E-state index is 0.0426. The third-order valence-corrected chi connectivity index (χ3v) is 6.37. The van der Waals surface area contributed by atoms with E-state index in [4.69, 9.17) is 14.5 Å². The van der Waals surface area contributed by atoms with E-state index in [9.17, 15) is 15.0 Å². The third-order valence-electron chi connectivity index (χ3n) is 6.37. The minimum Gasteiger partial charge on any atom is -0.507 e. The Labute approximate surface area is 206 Å². The highest BCUT2D eigenvalue weighted by molar-refractivity contribution is 5.88. The number of carboxylic acids is 1. The summed E-state index contributed by atoms with van der Waals surface area (Å²) in [6, 6.07) is 16.7. The molecule has 2 heterocycles. The number of pyridine rings is 1. The van der Waals surface area contributed by atoms with Crippen molar-refractivity contribution in [2.75, 3.05) is 13.2 Å². The van der Waals surface area contributed by atoms with E-state index in [1.165, 1.54) is 29.3 Å². The summed E-state index contributed by atoms with van der Waals surface area (Å²) < 4.78 is 11.7. The number of aromatic carboxylic acids is 1. The Hall–Kier alpha value is -3.38. The molecule has 1 aliphatic heterocycles. The first-order valence-electron chi connectivity index (χ1n) is 12.4. The Morgan fingerprint density at radius 3 is 2.37 bits per heavy atom. The number of aryl methyl sites for hydroxylation is 3. The highest BCUT2D eigenvalue weighted by atomic mass is 16.5. The summed E-state index contributed by atoms with van der Waals surface area (Å²) in [7, 11) is 0. The number of aromatic nitrogens is 1. The topological polar surface area (TPSA) is 88.9 Å². The highest BCUT2D eigenvalue weighted by Gasteiger charge is 2.19. The van der Waals surface area contributed by atoms with Crippen molar-refractivity contribution in [3.05, 3.63) is 77.0 Å². The molecule has 184 valence electrons. The van der Waals surface area contributed by atoms with E-state index in [1.807, 2.05) is 0 Å². The fourth-order valence-electron chi connectivity index (χ4n) is 4.45. The van der Waals surface area contributed by atoms with Gasteiger partial charge in [0.2, 0.25) is 5.88 Å². The van der Waals surface area contributed by atoms with Crippen LogP contribution in [-0.2, 0) is 24.0 Å². The van der Waals surface area contributed by atoms with Gasteiger partial charge in [0.15, 0.2) is 0 Å². The van der Waals surface area contributed by atoms with Gasteiger partial charge in [-0.15, -0.1) is 0 Å². The van der Waals surface area contributed by atoms with Gasteiger partial charge < -0.3 is 19.7 Å². The van der Waals surface area contributed by atoms with Gasteiger partial charge in [0.05, 0.1) is 17.4 Å². The van der Waals surface area contributed by atoms with E-state index in [2.05, 4.69) is 31.2 Å². The summed E-state index contributed by atoms with van der Waals surface area (Å²) in [6.45, 7) is 3.32. The van der Waals surface area contributed by atoms with Gasteiger partial charge in [-0.25, -0.2) is 9.78 Å². The minimum atomic E-state index is -0.987. The second kappa shape index (κ2) is 11.8. The van der Waals surface area contributed by atoms with Crippen molar-refractivity contribution in [2.45, 2.75) is 58.0 Å². The zero-order valence-electron chi connectivity index (χ0n) is 20.2. The molecule has 0 saturated carbocycles. The van der Waals surface area contributed by atoms with Gasteiger partial charge in [-0.1, -0.05) is 49.7 Å². The molecule has 1 aromatic heterocycles. The number of carboxylic acid groups (broad SMARTS) is 1. The molecule has 1 unspecified atom stereocenters. The highest BCUT2D eigenvalue weighted by Crippen LogP contribution is 2.35. The number of hydrogen-bond donors (Lipinski definition) is 2. The van der Waals surface area contributed by atoms with Gasteiger partial charge in [0.1, 0.15) is 12.4 Å². The zero-order valence-corrected chi connectivity index (χ0v) is 20.2. The van der Waals surface area contributed by atoms with E-state index in [1.54, 1.807) is 12.1 Å². The lowest BCUT2D eigenvalue weighted by atomic mass is 9.97. The molecule has 1 aliphatic rings. The van der Waals surface area contributed by atoms with Crippen LogP contribution in [0.5, 0.6) is 11.6 Å². The number of ether oxygens (including phenoxy) is 2. The number of nitrogens with zero attached hydrogens (tertiary/aromatic N) is 1. The normalized spacial score (nSPS) is 15.6. The van der Waals surface area contributed by atoms with Crippen molar-refractivity contribution >= 4 is 5.97 Å². The summed E-state index contributed by atoms with van der Waals surface area (Å²) >= 11 is 0. The second-order valence-corrected chi connectivity index (χ2v) is 9.05. The predicted octanol–water partition coefficient (Wildman–Crippen LogP) is 5.84. The number of aromatic hydroxyl groups is 1. The monoisotopic (exact) mass is 475 g/mol. The molecular formula is C29H33NO5. The first kappa shape index (κ1) is 24.7. The Morgan fingerprint density at radius 1 is 1.03 bits per heavy atom. The van der Waals surface area contributed by atoms with Crippen LogP contribution in [0, 0.1) is 0 Å². The van der Waals surface area contributed by atoms with Crippen molar-refractivity contribution in [1.29, 1.82) is 0 Å². The standard InChI is InChI=1S/C29H33NO5/c1-2-5-20-7-9-21(10-8-20)11-16-25-28(22-12-14-23(15-13-22)29(32)33)26(31)18-27(30-25)35-19-24-6-3-4-17-34-24/h7-10,12-15,18,24H,2-6,11,16-17,19H2,1H3,(H,30,31)(H,32,33). The zero-order chi connectivity index (χ0) is 24.6. The van der Waals surface area contributed by atoms with Crippen molar-refractivity contribution in [2.24, 2.45) is 0 Å². The number of carbonyl (C=O) groups is 1. The van der Waals surface area contributed by atoms with E-state index < -0.39 is 5.97 Å². The fourth-order valence-corrected chi connectivity index (χ4v) is 4.45. The van der Waals surface area contributed by atoms with Crippen LogP contribution in [0.1, 0.15) is 59.8 Å². The molecule has 0 spiro atoms. The first-order chi connectivity index (χ1) is 17.0. The molecule has 3 aromatic rings. The van der Waals surface area contributed by atoms with Crippen LogP contribution in [0.2, 0.25) is 0 Å². The molecule has 35 heavy (non-hydrogen) atoms. The summed E-state index contributed by atoms with van der Waals surface area (Å²) in [6.07, 6.45) is 6.75. The van der Waals surface area contributed by atoms with E-state index in [-0.39, 0.29) is 17.4 Å². The van der Waals surface area contributed by atoms with Crippen LogP contribution in [0.15, 0.2) is 54.6 Å². The van der Waals surface area contributed by atoms with Gasteiger partial charge in [-0.2, -0.15) is 0 Å². The maximum atomic E-state index is 11.3. The lowest BCUT2D eigenvalue weighted by Gasteiger charge is -2.22. The van der Waals surface area contributed by atoms with Crippen LogP contribution >= 0.6 is 0 Å². The SMILES string of the molecule is CCCc1ccc(CCc2nc(OCC3CCCCO3)cc(O)c2-c2ccc(C(=O)O)cc2)cc1. The molecule has 6 heteroatoms. The summed E-state index contributed by atoms with van der Waals surface area (Å²) in [5.41, 5.74) is 4.75. The Bertz CT molecular complexity index is 1120. The Balaban J connectivity index is 1.58. The van der Waals surface area contributed by atoms with Gasteiger partial charge >= 0.3 is 5.97 Å². The fraction of sp³-hybridized carbons (Fsp3) is 0.379. The van der Waals surface area contributed by atoms with Crippen LogP contribution < -0.4 is 4.74 Å². The average Bonchev–Trinajstić information content (AvgIpc) is 2.88. The second-order valence-electron chi connectivity index (χ2n) is 9.05. The Kier molecular flexibility index (Phi) is 8.37. The molecule has 0 bridgehead atoms. The molecule has 0 radical (unpaired) electrons. The van der Waals surface area contributed by atoms with Gasteiger partial charge in [-0.3, -0.25) is 0 Å². The van der Waals surface area contributed by atoms with Crippen LogP contribution in [-0.4, -0.2) is 40.5 Å². The molecule has 6 nitrogen and oxygen atoms in total. The van der Waals surface area contributed by atoms with Crippen molar-refractivity contribution in [3.8, 4) is 22.8 Å². The summed E-state index contributed by atoms with van der Waals surface area (Å²) in [5.74, 6) is -0.550. The molecule has 0 amide bonds. The lowest BCUT2D eigenvalue weighted by molar-refractivity contribution is -0.0120. The molecule has 4 rings (SSSR count). The van der Waals surface area contributed by atoms with Crippen LogP contribution in [0.3, 0.4) is 0 Å². The molecule has 2 aromatic carbocycles. The van der Waals surface area contributed by atoms with E-state index >= 15 is 0 Å². The maximum absolute atomic E-state index is 11.3. The maximum Gasteiger partial charge on any atom is 0.335 e. The van der Waals surface area contributed by atoms with Gasteiger partial charge in [0, 0.05) is 18.2 Å². The van der Waals surface area contributed by atoms with Crippen LogP contribution in [0.25, 0.3) is 11.1 Å². The summed E-state index contributed by atoms with van der Waals surface area (Å²) in [5, 5.41) is 20.2. The number of hydrogen-bond acceptors (Lipinski definition) is 5. The number of benzene rings is 2. The third kappa shape index (κ3) is 6.61. The van der Waals surface area contributed by atoms with Crippen LogP contribution in [0.4, 0.5) is 0 Å². The predicted molar refractivity (Wildman–Crippen MR) is 135 cm³/mol. The lowest BCUT2D eigenvalue weighted by Crippen LogP contribution is -2.26. The van der Waals surface area contributed by atoms with E-state index in [0.717, 1.165) is 50.7 Å². The molecule has 1 saturated heterocycles. The Morgan fingerprint density at radius 2 is 1.74 bits per heavy atom. The van der Waals surface area contributed by atoms with Gasteiger partial charge in [-0.05, 0) is 67.3 Å². The molecule has 0 aliphatic carbocycles. The molecular weight excluding hydrogens is 442 g/mol. The van der Waals surface area contributed by atoms with E-state index in [0.29, 0.717) is 30.2 Å². The van der Waals surface area contributed by atoms with Crippen molar-refractivity contribution in [1.82, 2.24) is 4.98 Å².